The number of anilines is 2. The molecule has 0 fully saturated rings. The lowest BCUT2D eigenvalue weighted by Crippen LogP contribution is -2.27. The minimum Gasteiger partial charge on any atom is -0.444 e. The molecule has 2 N–H and O–H groups in total. The maximum absolute atomic E-state index is 11.7. The van der Waals surface area contributed by atoms with E-state index in [2.05, 4.69) is 15.6 Å². The van der Waals surface area contributed by atoms with Crippen LogP contribution in [0.15, 0.2) is 42.6 Å². The second-order valence-corrected chi connectivity index (χ2v) is 6.41. The van der Waals surface area contributed by atoms with Crippen molar-refractivity contribution in [1.29, 1.82) is 0 Å². The molecule has 122 valence electrons. The van der Waals surface area contributed by atoms with Crippen molar-refractivity contribution in [2.24, 2.45) is 0 Å². The van der Waals surface area contributed by atoms with Crippen LogP contribution in [0.3, 0.4) is 0 Å². The van der Waals surface area contributed by atoms with Crippen molar-refractivity contribution in [2.45, 2.75) is 32.9 Å². The van der Waals surface area contributed by atoms with Gasteiger partial charge in [-0.15, -0.1) is 0 Å². The Kier molecular flexibility index (Phi) is 5.45. The standard InChI is InChI=1S/C17H20ClN3O2/c1-17(2,3)23-16(22)21-15-9-8-13(11-20-15)19-10-12-6-4-5-7-14(12)18/h4-9,11,19H,10H2,1-3H3,(H,20,21,22). The topological polar surface area (TPSA) is 63.2 Å². The van der Waals surface area contributed by atoms with Crippen LogP contribution in [-0.4, -0.2) is 16.7 Å². The summed E-state index contributed by atoms with van der Waals surface area (Å²) in [6.45, 7) is 6.02. The van der Waals surface area contributed by atoms with E-state index in [4.69, 9.17) is 16.3 Å². The van der Waals surface area contributed by atoms with Crippen LogP contribution in [0.4, 0.5) is 16.3 Å². The fourth-order valence-corrected chi connectivity index (χ4v) is 2.02. The summed E-state index contributed by atoms with van der Waals surface area (Å²) in [4.78, 5) is 15.8. The molecule has 0 aliphatic rings. The van der Waals surface area contributed by atoms with E-state index < -0.39 is 11.7 Å². The summed E-state index contributed by atoms with van der Waals surface area (Å²) in [5, 5.41) is 6.54. The average molecular weight is 334 g/mol. The molecule has 1 amide bonds. The lowest BCUT2D eigenvalue weighted by Gasteiger charge is -2.19. The smallest absolute Gasteiger partial charge is 0.413 e. The summed E-state index contributed by atoms with van der Waals surface area (Å²) in [6, 6.07) is 11.2. The summed E-state index contributed by atoms with van der Waals surface area (Å²) in [7, 11) is 0. The number of nitrogens with zero attached hydrogens (tertiary/aromatic N) is 1. The fraction of sp³-hybridized carbons (Fsp3) is 0.294. The minimum absolute atomic E-state index is 0.433. The second-order valence-electron chi connectivity index (χ2n) is 6.00. The number of carbonyl (C=O) groups is 1. The first-order valence-electron chi connectivity index (χ1n) is 7.27. The molecule has 1 aromatic heterocycles. The van der Waals surface area contributed by atoms with Gasteiger partial charge in [0.15, 0.2) is 0 Å². The van der Waals surface area contributed by atoms with Crippen molar-refractivity contribution in [3.8, 4) is 0 Å². The lowest BCUT2D eigenvalue weighted by molar-refractivity contribution is 0.0635. The van der Waals surface area contributed by atoms with E-state index in [-0.39, 0.29) is 0 Å². The molecule has 0 radical (unpaired) electrons. The Hall–Kier alpha value is -2.27. The van der Waals surface area contributed by atoms with Gasteiger partial charge in [-0.05, 0) is 44.5 Å². The molecule has 0 spiro atoms. The number of hydrogen-bond acceptors (Lipinski definition) is 4. The van der Waals surface area contributed by atoms with E-state index in [1.165, 1.54) is 0 Å². The Balaban J connectivity index is 1.90. The number of amides is 1. The van der Waals surface area contributed by atoms with E-state index >= 15 is 0 Å². The molecule has 2 aromatic rings. The van der Waals surface area contributed by atoms with E-state index in [0.717, 1.165) is 16.3 Å². The molecule has 0 bridgehead atoms. The Morgan fingerprint density at radius 2 is 1.96 bits per heavy atom. The van der Waals surface area contributed by atoms with Crippen LogP contribution in [0.5, 0.6) is 0 Å². The van der Waals surface area contributed by atoms with Crippen LogP contribution >= 0.6 is 11.6 Å². The van der Waals surface area contributed by atoms with Gasteiger partial charge >= 0.3 is 6.09 Å². The Morgan fingerprint density at radius 1 is 1.22 bits per heavy atom. The van der Waals surface area contributed by atoms with Gasteiger partial charge in [-0.25, -0.2) is 9.78 Å². The SMILES string of the molecule is CC(C)(C)OC(=O)Nc1ccc(NCc2ccccc2Cl)cn1. The van der Waals surface area contributed by atoms with Gasteiger partial charge in [0.2, 0.25) is 0 Å². The zero-order valence-corrected chi connectivity index (χ0v) is 14.1. The van der Waals surface area contributed by atoms with Gasteiger partial charge in [-0.3, -0.25) is 5.32 Å². The third kappa shape index (κ3) is 5.79. The number of halogens is 1. The number of hydrogen-bond donors (Lipinski definition) is 2. The minimum atomic E-state index is -0.541. The monoisotopic (exact) mass is 333 g/mol. The van der Waals surface area contributed by atoms with Crippen molar-refractivity contribution in [3.05, 3.63) is 53.2 Å². The molecule has 1 aromatic carbocycles. The van der Waals surface area contributed by atoms with Crippen LogP contribution in [0.1, 0.15) is 26.3 Å². The highest BCUT2D eigenvalue weighted by molar-refractivity contribution is 6.31. The molecule has 0 unspecified atom stereocenters. The molecule has 0 aliphatic carbocycles. The van der Waals surface area contributed by atoms with Gasteiger partial charge in [0, 0.05) is 11.6 Å². The van der Waals surface area contributed by atoms with Gasteiger partial charge in [0.05, 0.1) is 11.9 Å². The van der Waals surface area contributed by atoms with Crippen molar-refractivity contribution in [1.82, 2.24) is 4.98 Å². The zero-order chi connectivity index (χ0) is 16.9. The van der Waals surface area contributed by atoms with Gasteiger partial charge < -0.3 is 10.1 Å². The maximum atomic E-state index is 11.7. The molecule has 1 heterocycles. The molecule has 5 nitrogen and oxygen atoms in total. The number of benzene rings is 1. The Morgan fingerprint density at radius 3 is 2.57 bits per heavy atom. The number of carbonyl (C=O) groups excluding carboxylic acids is 1. The largest absolute Gasteiger partial charge is 0.444 e. The van der Waals surface area contributed by atoms with E-state index in [0.29, 0.717) is 12.4 Å². The van der Waals surface area contributed by atoms with Crippen LogP contribution in [0, 0.1) is 0 Å². The number of pyridine rings is 1. The number of aromatic nitrogens is 1. The molecule has 6 heteroatoms. The van der Waals surface area contributed by atoms with Crippen LogP contribution in [0.25, 0.3) is 0 Å². The second kappa shape index (κ2) is 7.33. The molecule has 23 heavy (non-hydrogen) atoms. The van der Waals surface area contributed by atoms with Gasteiger partial charge in [-0.2, -0.15) is 0 Å². The predicted octanol–water partition coefficient (Wildman–Crippen LogP) is 4.69. The van der Waals surface area contributed by atoms with Crippen LogP contribution in [0.2, 0.25) is 5.02 Å². The molecule has 2 rings (SSSR count). The normalized spacial score (nSPS) is 11.0. The highest BCUT2D eigenvalue weighted by Crippen LogP contribution is 2.17. The lowest BCUT2D eigenvalue weighted by atomic mass is 10.2. The summed E-state index contributed by atoms with van der Waals surface area (Å²) in [6.07, 6.45) is 1.12. The van der Waals surface area contributed by atoms with E-state index in [1.54, 1.807) is 12.3 Å². The molecular weight excluding hydrogens is 314 g/mol. The summed E-state index contributed by atoms with van der Waals surface area (Å²) >= 11 is 6.11. The third-order valence-electron chi connectivity index (χ3n) is 2.83. The molecule has 0 atom stereocenters. The Labute approximate surface area is 141 Å². The first kappa shape index (κ1) is 17.1. The van der Waals surface area contributed by atoms with Gasteiger partial charge in [-0.1, -0.05) is 29.8 Å². The van der Waals surface area contributed by atoms with Crippen molar-refractivity contribution >= 4 is 29.2 Å². The first-order chi connectivity index (χ1) is 10.8. The summed E-state index contributed by atoms with van der Waals surface area (Å²) < 4.78 is 5.17. The highest BCUT2D eigenvalue weighted by Gasteiger charge is 2.16. The van der Waals surface area contributed by atoms with E-state index in [1.807, 2.05) is 51.1 Å². The number of rotatable bonds is 4. The molecule has 0 aliphatic heterocycles. The van der Waals surface area contributed by atoms with Gasteiger partial charge in [0.25, 0.3) is 0 Å². The molecule has 0 saturated carbocycles. The molecular formula is C17H20ClN3O2. The van der Waals surface area contributed by atoms with Crippen LogP contribution in [-0.2, 0) is 11.3 Å². The van der Waals surface area contributed by atoms with Crippen molar-refractivity contribution < 1.29 is 9.53 Å². The molecule has 0 saturated heterocycles. The quantitative estimate of drug-likeness (QED) is 0.851. The fourth-order valence-electron chi connectivity index (χ4n) is 1.82. The predicted molar refractivity (Wildman–Crippen MR) is 92.9 cm³/mol. The summed E-state index contributed by atoms with van der Waals surface area (Å²) in [5.41, 5.74) is 1.30. The first-order valence-corrected chi connectivity index (χ1v) is 7.64. The third-order valence-corrected chi connectivity index (χ3v) is 3.20. The number of nitrogens with one attached hydrogen (secondary N) is 2. The summed E-state index contributed by atoms with van der Waals surface area (Å²) in [5.74, 6) is 0.433. The van der Waals surface area contributed by atoms with Crippen LogP contribution < -0.4 is 10.6 Å². The van der Waals surface area contributed by atoms with Crippen molar-refractivity contribution in [3.63, 3.8) is 0 Å². The average Bonchev–Trinajstić information content (AvgIpc) is 2.46. The van der Waals surface area contributed by atoms with Gasteiger partial charge in [0.1, 0.15) is 11.4 Å². The zero-order valence-electron chi connectivity index (χ0n) is 13.4. The van der Waals surface area contributed by atoms with E-state index in [9.17, 15) is 4.79 Å². The maximum Gasteiger partial charge on any atom is 0.413 e. The highest BCUT2D eigenvalue weighted by atomic mass is 35.5. The van der Waals surface area contributed by atoms with Crippen molar-refractivity contribution in [2.75, 3.05) is 10.6 Å². The number of ether oxygens (including phenoxy) is 1. The Bertz CT molecular complexity index is 666.